The molecule has 0 fully saturated rings. The summed E-state index contributed by atoms with van der Waals surface area (Å²) in [5.74, 6) is -0.851. The minimum atomic E-state index is -1.73. The maximum absolute atomic E-state index is 13.7. The number of nitrogens with zero attached hydrogens (tertiary/aromatic N) is 1. The second-order valence-electron chi connectivity index (χ2n) is 3.23. The molecule has 0 spiro atoms. The average molecular weight is 239 g/mol. The number of esters is 1. The van der Waals surface area contributed by atoms with Crippen molar-refractivity contribution in [3.8, 4) is 0 Å². The van der Waals surface area contributed by atoms with E-state index >= 15 is 0 Å². The molecule has 1 atom stereocenters. The highest BCUT2D eigenvalue weighted by atomic mass is 19.1. The summed E-state index contributed by atoms with van der Waals surface area (Å²) in [4.78, 5) is 20.8. The fourth-order valence-electron chi connectivity index (χ4n) is 1.20. The molecule has 0 aliphatic rings. The number of hydrogen-bond donors (Lipinski definition) is 0. The zero-order chi connectivity index (χ0) is 13.0. The molecule has 0 saturated carbocycles. The quantitative estimate of drug-likeness (QED) is 0.350. The Kier molecular flexibility index (Phi) is 3.92. The first-order valence-corrected chi connectivity index (χ1v) is 4.63. The number of non-ortho nitro benzene ring substituents is 1. The highest BCUT2D eigenvalue weighted by Gasteiger charge is 2.21. The average Bonchev–Trinajstić information content (AvgIpc) is 2.36. The van der Waals surface area contributed by atoms with Crippen LogP contribution in [0.25, 0.3) is 0 Å². The van der Waals surface area contributed by atoms with Crippen molar-refractivity contribution in [1.29, 1.82) is 0 Å². The number of ether oxygens (including phenoxy) is 1. The predicted molar refractivity (Wildman–Crippen MR) is 58.1 cm³/mol. The van der Waals surface area contributed by atoms with Crippen LogP contribution in [0, 0.1) is 10.1 Å². The molecule has 1 aromatic rings. The molecule has 1 aromatic carbocycles. The molecule has 1 rings (SSSR count). The van der Waals surface area contributed by atoms with Gasteiger partial charge in [-0.05, 0) is 17.7 Å². The van der Waals surface area contributed by atoms with Crippen LogP contribution in [0.15, 0.2) is 36.4 Å². The molecule has 0 N–H and O–H groups in total. The van der Waals surface area contributed by atoms with Crippen molar-refractivity contribution in [2.24, 2.45) is 0 Å². The van der Waals surface area contributed by atoms with Crippen LogP contribution in [0.2, 0.25) is 0 Å². The minimum absolute atomic E-state index is 0.117. The van der Waals surface area contributed by atoms with E-state index in [9.17, 15) is 19.3 Å². The van der Waals surface area contributed by atoms with Crippen molar-refractivity contribution in [2.45, 2.75) is 6.17 Å². The molecule has 17 heavy (non-hydrogen) atoms. The van der Waals surface area contributed by atoms with E-state index in [2.05, 4.69) is 11.3 Å². The molecule has 0 radical (unpaired) electrons. The predicted octanol–water partition coefficient (Wildman–Crippen LogP) is 2.33. The van der Waals surface area contributed by atoms with Gasteiger partial charge in [-0.15, -0.1) is 0 Å². The summed E-state index contributed by atoms with van der Waals surface area (Å²) in [7, 11) is 1.12. The lowest BCUT2D eigenvalue weighted by Gasteiger charge is -2.09. The third-order valence-corrected chi connectivity index (χ3v) is 2.15. The molecule has 6 heteroatoms. The topological polar surface area (TPSA) is 69.4 Å². The van der Waals surface area contributed by atoms with Gasteiger partial charge in [-0.1, -0.05) is 6.58 Å². The van der Waals surface area contributed by atoms with Crippen LogP contribution < -0.4 is 0 Å². The van der Waals surface area contributed by atoms with E-state index in [0.717, 1.165) is 19.2 Å². The summed E-state index contributed by atoms with van der Waals surface area (Å²) in [6, 6.07) is 4.78. The van der Waals surface area contributed by atoms with Gasteiger partial charge < -0.3 is 4.74 Å². The van der Waals surface area contributed by atoms with E-state index in [-0.39, 0.29) is 16.8 Å². The number of rotatable bonds is 4. The SMILES string of the molecule is C=C(C(=O)OC)[C@@H](F)c1ccc([N+](=O)[O-])cc1. The maximum atomic E-state index is 13.7. The number of halogens is 1. The van der Waals surface area contributed by atoms with Crippen LogP contribution >= 0.6 is 0 Å². The van der Waals surface area contributed by atoms with Crippen LogP contribution in [0.4, 0.5) is 10.1 Å². The third-order valence-electron chi connectivity index (χ3n) is 2.15. The Labute approximate surface area is 96.7 Å². The van der Waals surface area contributed by atoms with Crippen LogP contribution in [0.5, 0.6) is 0 Å². The van der Waals surface area contributed by atoms with Gasteiger partial charge in [-0.25, -0.2) is 9.18 Å². The Morgan fingerprint density at radius 2 is 2.00 bits per heavy atom. The number of methoxy groups -OCH3 is 1. The fraction of sp³-hybridized carbons (Fsp3) is 0.182. The normalized spacial score (nSPS) is 11.6. The Balaban J connectivity index is 2.90. The third kappa shape index (κ3) is 2.87. The van der Waals surface area contributed by atoms with Crippen molar-refractivity contribution in [3.63, 3.8) is 0 Å². The van der Waals surface area contributed by atoms with E-state index in [4.69, 9.17) is 0 Å². The number of hydrogen-bond acceptors (Lipinski definition) is 4. The molecule has 5 nitrogen and oxygen atoms in total. The molecule has 0 amide bonds. The van der Waals surface area contributed by atoms with E-state index in [0.29, 0.717) is 0 Å². The van der Waals surface area contributed by atoms with Crippen molar-refractivity contribution in [3.05, 3.63) is 52.1 Å². The molecular formula is C11H10FNO4. The number of benzene rings is 1. The first-order valence-electron chi connectivity index (χ1n) is 4.63. The number of alkyl halides is 1. The van der Waals surface area contributed by atoms with Crippen LogP contribution in [-0.2, 0) is 9.53 Å². The second-order valence-corrected chi connectivity index (χ2v) is 3.23. The summed E-state index contributed by atoms with van der Waals surface area (Å²) in [5, 5.41) is 10.4. The van der Waals surface area contributed by atoms with Gasteiger partial charge in [0.2, 0.25) is 0 Å². The lowest BCUT2D eigenvalue weighted by atomic mass is 10.0. The van der Waals surface area contributed by atoms with Crippen LogP contribution in [-0.4, -0.2) is 18.0 Å². The highest BCUT2D eigenvalue weighted by molar-refractivity contribution is 5.89. The van der Waals surface area contributed by atoms with Crippen molar-refractivity contribution in [2.75, 3.05) is 7.11 Å². The number of nitro benzene ring substituents is 1. The van der Waals surface area contributed by atoms with Gasteiger partial charge in [0.15, 0.2) is 6.17 Å². The number of carbonyl (C=O) groups excluding carboxylic acids is 1. The number of nitro groups is 1. The molecule has 0 aliphatic carbocycles. The van der Waals surface area contributed by atoms with E-state index < -0.39 is 17.1 Å². The van der Waals surface area contributed by atoms with Crippen molar-refractivity contribution in [1.82, 2.24) is 0 Å². The van der Waals surface area contributed by atoms with Crippen molar-refractivity contribution >= 4 is 11.7 Å². The molecule has 0 aromatic heterocycles. The summed E-state index contributed by atoms with van der Waals surface area (Å²) in [6.07, 6.45) is -1.73. The first kappa shape index (κ1) is 12.8. The molecule has 0 unspecified atom stereocenters. The fourth-order valence-corrected chi connectivity index (χ4v) is 1.20. The molecular weight excluding hydrogens is 229 g/mol. The summed E-state index contributed by atoms with van der Waals surface area (Å²) >= 11 is 0. The lowest BCUT2D eigenvalue weighted by molar-refractivity contribution is -0.384. The Morgan fingerprint density at radius 1 is 1.47 bits per heavy atom. The van der Waals surface area contributed by atoms with Crippen LogP contribution in [0.3, 0.4) is 0 Å². The van der Waals surface area contributed by atoms with Crippen LogP contribution in [0.1, 0.15) is 11.7 Å². The second kappa shape index (κ2) is 5.20. The Bertz CT molecular complexity index is 455. The molecule has 0 saturated heterocycles. The Hall–Kier alpha value is -2.24. The lowest BCUT2D eigenvalue weighted by Crippen LogP contribution is -2.09. The zero-order valence-corrected chi connectivity index (χ0v) is 9.05. The van der Waals surface area contributed by atoms with E-state index in [1.54, 1.807) is 0 Å². The van der Waals surface area contributed by atoms with Gasteiger partial charge >= 0.3 is 5.97 Å². The van der Waals surface area contributed by atoms with E-state index in [1.165, 1.54) is 12.1 Å². The van der Waals surface area contributed by atoms with Gasteiger partial charge in [0.25, 0.3) is 5.69 Å². The summed E-state index contributed by atoms with van der Waals surface area (Å²) in [5.41, 5.74) is -0.378. The zero-order valence-electron chi connectivity index (χ0n) is 9.05. The maximum Gasteiger partial charge on any atom is 0.336 e. The molecule has 0 aliphatic heterocycles. The number of carbonyl (C=O) groups is 1. The van der Waals surface area contributed by atoms with E-state index in [1.807, 2.05) is 0 Å². The summed E-state index contributed by atoms with van der Waals surface area (Å²) in [6.45, 7) is 3.28. The monoisotopic (exact) mass is 239 g/mol. The smallest absolute Gasteiger partial charge is 0.336 e. The molecule has 90 valence electrons. The first-order chi connectivity index (χ1) is 7.97. The largest absolute Gasteiger partial charge is 0.466 e. The molecule has 0 heterocycles. The van der Waals surface area contributed by atoms with Gasteiger partial charge in [-0.3, -0.25) is 10.1 Å². The molecule has 0 bridgehead atoms. The van der Waals surface area contributed by atoms with Gasteiger partial charge in [0, 0.05) is 12.1 Å². The Morgan fingerprint density at radius 3 is 2.41 bits per heavy atom. The van der Waals surface area contributed by atoms with Gasteiger partial charge in [0.1, 0.15) is 0 Å². The van der Waals surface area contributed by atoms with Gasteiger partial charge in [0.05, 0.1) is 17.6 Å². The minimum Gasteiger partial charge on any atom is -0.466 e. The summed E-state index contributed by atoms with van der Waals surface area (Å²) < 4.78 is 18.1. The van der Waals surface area contributed by atoms with Gasteiger partial charge in [-0.2, -0.15) is 0 Å². The highest BCUT2D eigenvalue weighted by Crippen LogP contribution is 2.26. The standard InChI is InChI=1S/C11H10FNO4/c1-7(11(14)17-2)10(12)8-3-5-9(6-4-8)13(15)16/h3-6,10H,1H2,2H3/t10-/m1/s1. The van der Waals surface area contributed by atoms with Crippen molar-refractivity contribution < 1.29 is 18.8 Å².